The SMILES string of the molecule is CC(CC(=O)NC1CCCC1Cc1ccccc1)C1CCCNC1.Cl. The molecular weight excluding hydrogens is 332 g/mol. The van der Waals surface area contributed by atoms with Crippen LogP contribution in [0.5, 0.6) is 0 Å². The Hall–Kier alpha value is -1.06. The molecule has 25 heavy (non-hydrogen) atoms. The largest absolute Gasteiger partial charge is 0.353 e. The van der Waals surface area contributed by atoms with Crippen molar-refractivity contribution in [3.8, 4) is 0 Å². The third-order valence-corrected chi connectivity index (χ3v) is 5.99. The molecule has 4 unspecified atom stereocenters. The molecule has 2 aliphatic rings. The monoisotopic (exact) mass is 364 g/mol. The lowest BCUT2D eigenvalue weighted by Crippen LogP contribution is -2.40. The van der Waals surface area contributed by atoms with Crippen LogP contribution in [0.4, 0.5) is 0 Å². The van der Waals surface area contributed by atoms with E-state index in [1.165, 1.54) is 31.2 Å². The van der Waals surface area contributed by atoms with E-state index < -0.39 is 0 Å². The Labute approximate surface area is 158 Å². The highest BCUT2D eigenvalue weighted by atomic mass is 35.5. The van der Waals surface area contributed by atoms with Gasteiger partial charge in [0.25, 0.3) is 0 Å². The average molecular weight is 365 g/mol. The maximum Gasteiger partial charge on any atom is 0.220 e. The number of nitrogens with one attached hydrogen (secondary N) is 2. The van der Waals surface area contributed by atoms with Gasteiger partial charge < -0.3 is 10.6 Å². The molecular formula is C21H33ClN2O. The molecule has 1 saturated carbocycles. The highest BCUT2D eigenvalue weighted by Crippen LogP contribution is 2.29. The first-order valence-corrected chi connectivity index (χ1v) is 9.76. The molecule has 3 nitrogen and oxygen atoms in total. The highest BCUT2D eigenvalue weighted by Gasteiger charge is 2.29. The maximum atomic E-state index is 12.5. The lowest BCUT2D eigenvalue weighted by molar-refractivity contribution is -0.123. The average Bonchev–Trinajstić information content (AvgIpc) is 3.03. The zero-order valence-electron chi connectivity index (χ0n) is 15.4. The minimum Gasteiger partial charge on any atom is -0.353 e. The van der Waals surface area contributed by atoms with Crippen molar-refractivity contribution in [2.45, 2.75) is 57.9 Å². The number of piperidine rings is 1. The molecule has 0 radical (unpaired) electrons. The van der Waals surface area contributed by atoms with Crippen LogP contribution in [0, 0.1) is 17.8 Å². The first-order valence-electron chi connectivity index (χ1n) is 9.76. The Morgan fingerprint density at radius 2 is 2.00 bits per heavy atom. The van der Waals surface area contributed by atoms with Gasteiger partial charge in [-0.3, -0.25) is 4.79 Å². The summed E-state index contributed by atoms with van der Waals surface area (Å²) in [6, 6.07) is 11.1. The number of hydrogen-bond acceptors (Lipinski definition) is 2. The summed E-state index contributed by atoms with van der Waals surface area (Å²) in [7, 11) is 0. The topological polar surface area (TPSA) is 41.1 Å². The van der Waals surface area contributed by atoms with Crippen molar-refractivity contribution in [3.63, 3.8) is 0 Å². The van der Waals surface area contributed by atoms with Crippen molar-refractivity contribution in [2.75, 3.05) is 13.1 Å². The number of halogens is 1. The Balaban J connectivity index is 0.00000225. The Morgan fingerprint density at radius 1 is 1.20 bits per heavy atom. The summed E-state index contributed by atoms with van der Waals surface area (Å²) < 4.78 is 0. The van der Waals surface area contributed by atoms with E-state index >= 15 is 0 Å². The van der Waals surface area contributed by atoms with Crippen molar-refractivity contribution in [1.82, 2.24) is 10.6 Å². The van der Waals surface area contributed by atoms with Crippen LogP contribution < -0.4 is 10.6 Å². The zero-order chi connectivity index (χ0) is 16.8. The van der Waals surface area contributed by atoms with Crippen molar-refractivity contribution >= 4 is 18.3 Å². The van der Waals surface area contributed by atoms with E-state index in [1.807, 2.05) is 0 Å². The summed E-state index contributed by atoms with van der Waals surface area (Å²) in [5, 5.41) is 6.82. The second-order valence-corrected chi connectivity index (χ2v) is 7.84. The number of rotatable bonds is 6. The van der Waals surface area contributed by atoms with E-state index in [0.29, 0.717) is 30.2 Å². The summed E-state index contributed by atoms with van der Waals surface area (Å²) >= 11 is 0. The van der Waals surface area contributed by atoms with Crippen LogP contribution in [0.2, 0.25) is 0 Å². The van der Waals surface area contributed by atoms with E-state index in [1.54, 1.807) is 0 Å². The van der Waals surface area contributed by atoms with Gasteiger partial charge in [0.05, 0.1) is 0 Å². The molecule has 1 saturated heterocycles. The minimum absolute atomic E-state index is 0. The Morgan fingerprint density at radius 3 is 2.72 bits per heavy atom. The van der Waals surface area contributed by atoms with Crippen molar-refractivity contribution in [1.29, 1.82) is 0 Å². The molecule has 0 aromatic heterocycles. The van der Waals surface area contributed by atoms with Crippen LogP contribution in [-0.4, -0.2) is 25.0 Å². The molecule has 0 bridgehead atoms. The molecule has 1 aromatic rings. The normalized spacial score (nSPS) is 27.3. The van der Waals surface area contributed by atoms with Gasteiger partial charge in [-0.15, -0.1) is 12.4 Å². The van der Waals surface area contributed by atoms with E-state index in [2.05, 4.69) is 47.9 Å². The van der Waals surface area contributed by atoms with E-state index in [4.69, 9.17) is 0 Å². The summed E-state index contributed by atoms with van der Waals surface area (Å²) in [5.41, 5.74) is 1.39. The molecule has 1 heterocycles. The van der Waals surface area contributed by atoms with Gasteiger partial charge >= 0.3 is 0 Å². The van der Waals surface area contributed by atoms with Crippen LogP contribution in [0.25, 0.3) is 0 Å². The van der Waals surface area contributed by atoms with Crippen molar-refractivity contribution in [3.05, 3.63) is 35.9 Å². The number of carbonyl (C=O) groups is 1. The molecule has 2 fully saturated rings. The molecule has 2 N–H and O–H groups in total. The van der Waals surface area contributed by atoms with Crippen molar-refractivity contribution in [2.24, 2.45) is 17.8 Å². The lowest BCUT2D eigenvalue weighted by Gasteiger charge is -2.29. The second kappa shape index (κ2) is 10.2. The van der Waals surface area contributed by atoms with Gasteiger partial charge in [-0.1, -0.05) is 43.7 Å². The quantitative estimate of drug-likeness (QED) is 0.802. The summed E-state index contributed by atoms with van der Waals surface area (Å²) in [6.07, 6.45) is 7.91. The standard InChI is InChI=1S/C21H32N2O.ClH/c1-16(19-10-6-12-22-15-19)13-21(24)23-20-11-5-9-18(20)14-17-7-3-2-4-8-17;/h2-4,7-8,16,18-20,22H,5-6,9-15H2,1H3,(H,23,24);1H. The molecule has 4 atom stereocenters. The fourth-order valence-electron chi connectivity index (χ4n) is 4.48. The van der Waals surface area contributed by atoms with Crippen LogP contribution in [0.3, 0.4) is 0 Å². The first kappa shape index (κ1) is 20.3. The van der Waals surface area contributed by atoms with Gasteiger partial charge in [0.1, 0.15) is 0 Å². The number of carbonyl (C=O) groups excluding carboxylic acids is 1. The van der Waals surface area contributed by atoms with E-state index in [9.17, 15) is 4.79 Å². The van der Waals surface area contributed by atoms with Gasteiger partial charge in [0, 0.05) is 12.5 Å². The van der Waals surface area contributed by atoms with Crippen LogP contribution >= 0.6 is 12.4 Å². The van der Waals surface area contributed by atoms with Gasteiger partial charge in [0.15, 0.2) is 0 Å². The highest BCUT2D eigenvalue weighted by molar-refractivity contribution is 5.85. The molecule has 1 aromatic carbocycles. The number of benzene rings is 1. The fourth-order valence-corrected chi connectivity index (χ4v) is 4.48. The zero-order valence-corrected chi connectivity index (χ0v) is 16.2. The molecule has 1 aliphatic carbocycles. The van der Waals surface area contributed by atoms with Gasteiger partial charge in [-0.25, -0.2) is 0 Å². The molecule has 1 aliphatic heterocycles. The third-order valence-electron chi connectivity index (χ3n) is 5.99. The lowest BCUT2D eigenvalue weighted by atomic mass is 9.85. The van der Waals surface area contributed by atoms with Crippen LogP contribution in [0.1, 0.15) is 51.0 Å². The van der Waals surface area contributed by atoms with Crippen molar-refractivity contribution < 1.29 is 4.79 Å². The van der Waals surface area contributed by atoms with E-state index in [-0.39, 0.29) is 18.3 Å². The summed E-state index contributed by atoms with van der Waals surface area (Å²) in [5.74, 6) is 2.00. The van der Waals surface area contributed by atoms with Crippen LogP contribution in [-0.2, 0) is 11.2 Å². The number of amides is 1. The summed E-state index contributed by atoms with van der Waals surface area (Å²) in [6.45, 7) is 4.46. The molecule has 140 valence electrons. The predicted molar refractivity (Wildman–Crippen MR) is 106 cm³/mol. The summed E-state index contributed by atoms with van der Waals surface area (Å²) in [4.78, 5) is 12.5. The smallest absolute Gasteiger partial charge is 0.220 e. The van der Waals surface area contributed by atoms with Gasteiger partial charge in [-0.05, 0) is 68.5 Å². The Bertz CT molecular complexity index is 516. The Kier molecular flexibility index (Phi) is 8.25. The van der Waals surface area contributed by atoms with Gasteiger partial charge in [0.2, 0.25) is 5.91 Å². The second-order valence-electron chi connectivity index (χ2n) is 7.84. The molecule has 0 spiro atoms. The van der Waals surface area contributed by atoms with Crippen LogP contribution in [0.15, 0.2) is 30.3 Å². The van der Waals surface area contributed by atoms with E-state index in [0.717, 1.165) is 25.9 Å². The first-order chi connectivity index (χ1) is 11.7. The maximum absolute atomic E-state index is 12.5. The molecule has 3 rings (SSSR count). The molecule has 4 heteroatoms. The fraction of sp³-hybridized carbons (Fsp3) is 0.667. The molecule has 1 amide bonds. The minimum atomic E-state index is 0. The third kappa shape index (κ3) is 6.00. The van der Waals surface area contributed by atoms with Gasteiger partial charge in [-0.2, -0.15) is 0 Å². The predicted octanol–water partition coefficient (Wildman–Crippen LogP) is 3.96. The number of hydrogen-bond donors (Lipinski definition) is 2.